The number of hydrogen-bond donors (Lipinski definition) is 0. The zero-order chi connectivity index (χ0) is 12.0. The van der Waals surface area contributed by atoms with Gasteiger partial charge in [-0.05, 0) is 30.9 Å². The third-order valence-corrected chi connectivity index (χ3v) is 4.55. The highest BCUT2D eigenvalue weighted by Gasteiger charge is 2.37. The van der Waals surface area contributed by atoms with Crippen LogP contribution in [0.3, 0.4) is 0 Å². The van der Waals surface area contributed by atoms with Crippen LogP contribution in [0.2, 0.25) is 0 Å². The van der Waals surface area contributed by atoms with E-state index >= 15 is 0 Å². The molecule has 90 valence electrons. The molecule has 1 aromatic rings. The van der Waals surface area contributed by atoms with E-state index in [4.69, 9.17) is 0 Å². The van der Waals surface area contributed by atoms with E-state index in [0.29, 0.717) is 24.6 Å². The van der Waals surface area contributed by atoms with Gasteiger partial charge < -0.3 is 0 Å². The van der Waals surface area contributed by atoms with Crippen LogP contribution < -0.4 is 0 Å². The smallest absolute Gasteiger partial charge is 0.193 e. The maximum Gasteiger partial charge on any atom is 0.305 e. The van der Waals surface area contributed by atoms with Crippen molar-refractivity contribution in [2.24, 2.45) is 0 Å². The van der Waals surface area contributed by atoms with Crippen LogP contribution in [-0.4, -0.2) is 23.0 Å². The predicted octanol–water partition coefficient (Wildman–Crippen LogP) is 4.31. The Morgan fingerprint density at radius 2 is 1.81 bits per heavy atom. The van der Waals surface area contributed by atoms with Crippen molar-refractivity contribution in [1.82, 2.24) is 0 Å². The first-order chi connectivity index (χ1) is 7.60. The zero-order valence-electron chi connectivity index (χ0n) is 9.45. The Kier molecular flexibility index (Phi) is 5.62. The summed E-state index contributed by atoms with van der Waals surface area (Å²) in [7, 11) is 0. The van der Waals surface area contributed by atoms with Crippen molar-refractivity contribution >= 4 is 23.5 Å². The molecular formula is C12H16F2S2. The maximum atomic E-state index is 13.5. The SMILES string of the molecule is CSC(CCc1ccccc1)C(F)(F)SC. The van der Waals surface area contributed by atoms with Gasteiger partial charge >= 0.3 is 5.25 Å². The van der Waals surface area contributed by atoms with Crippen LogP contribution in [0.4, 0.5) is 8.78 Å². The van der Waals surface area contributed by atoms with Gasteiger partial charge in [-0.1, -0.05) is 42.1 Å². The molecule has 0 saturated carbocycles. The number of aryl methyl sites for hydroxylation is 1. The van der Waals surface area contributed by atoms with Gasteiger partial charge in [0.1, 0.15) is 0 Å². The van der Waals surface area contributed by atoms with Crippen LogP contribution in [0.5, 0.6) is 0 Å². The number of halogens is 2. The first-order valence-corrected chi connectivity index (χ1v) is 7.61. The number of benzene rings is 1. The minimum Gasteiger partial charge on any atom is -0.193 e. The third-order valence-electron chi connectivity index (χ3n) is 2.47. The third kappa shape index (κ3) is 3.98. The van der Waals surface area contributed by atoms with Gasteiger partial charge in [0.15, 0.2) is 0 Å². The Balaban J connectivity index is 2.53. The summed E-state index contributed by atoms with van der Waals surface area (Å²) >= 11 is 1.89. The number of thioether (sulfide) groups is 2. The maximum absolute atomic E-state index is 13.5. The summed E-state index contributed by atoms with van der Waals surface area (Å²) in [6, 6.07) is 9.78. The number of hydrogen-bond acceptors (Lipinski definition) is 2. The lowest BCUT2D eigenvalue weighted by Crippen LogP contribution is -2.27. The molecule has 0 aromatic heterocycles. The lowest BCUT2D eigenvalue weighted by molar-refractivity contribution is 0.101. The van der Waals surface area contributed by atoms with Crippen LogP contribution in [-0.2, 0) is 6.42 Å². The van der Waals surface area contributed by atoms with Crippen molar-refractivity contribution in [3.63, 3.8) is 0 Å². The summed E-state index contributed by atoms with van der Waals surface area (Å²) in [5.41, 5.74) is 1.12. The number of rotatable bonds is 6. The highest BCUT2D eigenvalue weighted by molar-refractivity contribution is 8.03. The molecule has 0 fully saturated rings. The molecule has 0 aliphatic rings. The summed E-state index contributed by atoms with van der Waals surface area (Å²) in [4.78, 5) is 0. The second-order valence-corrected chi connectivity index (χ2v) is 5.51. The van der Waals surface area contributed by atoms with Crippen LogP contribution in [0, 0.1) is 0 Å². The van der Waals surface area contributed by atoms with Crippen molar-refractivity contribution in [3.8, 4) is 0 Å². The van der Waals surface area contributed by atoms with Gasteiger partial charge in [0.25, 0.3) is 0 Å². The van der Waals surface area contributed by atoms with Gasteiger partial charge in [0.2, 0.25) is 0 Å². The molecule has 0 saturated heterocycles. The zero-order valence-corrected chi connectivity index (χ0v) is 11.1. The fourth-order valence-corrected chi connectivity index (χ4v) is 3.08. The summed E-state index contributed by atoms with van der Waals surface area (Å²) in [5, 5.41) is -3.24. The van der Waals surface area contributed by atoms with Crippen molar-refractivity contribution in [2.75, 3.05) is 12.5 Å². The normalized spacial score (nSPS) is 13.8. The first-order valence-electron chi connectivity index (χ1n) is 5.10. The average molecular weight is 262 g/mol. The second kappa shape index (κ2) is 6.50. The molecular weight excluding hydrogens is 246 g/mol. The molecule has 16 heavy (non-hydrogen) atoms. The Hall–Kier alpha value is -0.220. The molecule has 1 rings (SSSR count). The minimum atomic E-state index is -2.63. The van der Waals surface area contributed by atoms with Crippen LogP contribution >= 0.6 is 23.5 Å². The largest absolute Gasteiger partial charge is 0.305 e. The van der Waals surface area contributed by atoms with E-state index in [1.54, 1.807) is 6.26 Å². The van der Waals surface area contributed by atoms with Crippen LogP contribution in [0.25, 0.3) is 0 Å². The average Bonchev–Trinajstić information content (AvgIpc) is 2.31. The standard InChI is InChI=1S/C12H16F2S2/c1-15-11(12(13,14)16-2)9-8-10-6-4-3-5-7-10/h3-7,11H,8-9H2,1-2H3. The topological polar surface area (TPSA) is 0 Å². The summed E-state index contributed by atoms with van der Waals surface area (Å²) in [6.07, 6.45) is 4.44. The van der Waals surface area contributed by atoms with Gasteiger partial charge in [0, 0.05) is 0 Å². The first kappa shape index (κ1) is 13.8. The van der Waals surface area contributed by atoms with Gasteiger partial charge in [-0.25, -0.2) is 0 Å². The van der Waals surface area contributed by atoms with E-state index in [0.717, 1.165) is 5.56 Å². The molecule has 0 aliphatic carbocycles. The molecule has 0 N–H and O–H groups in total. The second-order valence-electron chi connectivity index (χ2n) is 3.51. The van der Waals surface area contributed by atoms with Crippen molar-refractivity contribution < 1.29 is 8.78 Å². The molecule has 4 heteroatoms. The van der Waals surface area contributed by atoms with Gasteiger partial charge in [-0.15, -0.1) is 0 Å². The highest BCUT2D eigenvalue weighted by atomic mass is 32.2. The Morgan fingerprint density at radius 3 is 2.31 bits per heavy atom. The van der Waals surface area contributed by atoms with Crippen molar-refractivity contribution in [1.29, 1.82) is 0 Å². The molecule has 1 unspecified atom stereocenters. The molecule has 0 aliphatic heterocycles. The molecule has 0 amide bonds. The molecule has 0 nitrogen and oxygen atoms in total. The van der Waals surface area contributed by atoms with Gasteiger partial charge in [-0.2, -0.15) is 20.5 Å². The summed E-state index contributed by atoms with van der Waals surface area (Å²) < 4.78 is 26.9. The molecule has 1 aromatic carbocycles. The van der Waals surface area contributed by atoms with Crippen LogP contribution in [0.15, 0.2) is 30.3 Å². The lowest BCUT2D eigenvalue weighted by atomic mass is 10.1. The fraction of sp³-hybridized carbons (Fsp3) is 0.500. The Morgan fingerprint density at radius 1 is 1.19 bits per heavy atom. The van der Waals surface area contributed by atoms with Crippen molar-refractivity contribution in [3.05, 3.63) is 35.9 Å². The van der Waals surface area contributed by atoms with E-state index in [-0.39, 0.29) is 0 Å². The number of alkyl halides is 2. The quantitative estimate of drug-likeness (QED) is 0.749. The molecule has 0 spiro atoms. The molecule has 0 heterocycles. The summed E-state index contributed by atoms with van der Waals surface area (Å²) in [6.45, 7) is 0. The fourth-order valence-electron chi connectivity index (χ4n) is 1.50. The Labute approximate surface area is 104 Å². The van der Waals surface area contributed by atoms with Gasteiger partial charge in [-0.3, -0.25) is 0 Å². The van der Waals surface area contributed by atoms with Gasteiger partial charge in [0.05, 0.1) is 5.25 Å². The summed E-state index contributed by atoms with van der Waals surface area (Å²) in [5.74, 6) is 0. The highest BCUT2D eigenvalue weighted by Crippen LogP contribution is 2.38. The van der Waals surface area contributed by atoms with E-state index in [9.17, 15) is 8.78 Å². The van der Waals surface area contributed by atoms with E-state index < -0.39 is 10.5 Å². The predicted molar refractivity (Wildman–Crippen MR) is 70.5 cm³/mol. The molecule has 1 atom stereocenters. The van der Waals surface area contributed by atoms with E-state index in [1.165, 1.54) is 18.0 Å². The van der Waals surface area contributed by atoms with Crippen LogP contribution in [0.1, 0.15) is 12.0 Å². The molecule has 0 radical (unpaired) electrons. The van der Waals surface area contributed by atoms with E-state index in [2.05, 4.69) is 0 Å². The Bertz CT molecular complexity index is 301. The minimum absolute atomic E-state index is 0.513. The molecule has 0 bridgehead atoms. The monoisotopic (exact) mass is 262 g/mol. The van der Waals surface area contributed by atoms with Crippen molar-refractivity contribution in [2.45, 2.75) is 23.3 Å². The van der Waals surface area contributed by atoms with E-state index in [1.807, 2.05) is 30.3 Å². The lowest BCUT2D eigenvalue weighted by Gasteiger charge is -2.23.